The zero-order valence-electron chi connectivity index (χ0n) is 18.0. The summed E-state index contributed by atoms with van der Waals surface area (Å²) >= 11 is 0. The van der Waals surface area contributed by atoms with Crippen molar-refractivity contribution in [1.82, 2.24) is 14.6 Å². The van der Waals surface area contributed by atoms with Gasteiger partial charge >= 0.3 is 6.36 Å². The van der Waals surface area contributed by atoms with Crippen LogP contribution in [0.3, 0.4) is 0 Å². The van der Waals surface area contributed by atoms with Gasteiger partial charge in [-0.3, -0.25) is 9.78 Å². The van der Waals surface area contributed by atoms with Gasteiger partial charge in [0.15, 0.2) is 0 Å². The summed E-state index contributed by atoms with van der Waals surface area (Å²) in [7, 11) is -0.882. The highest BCUT2D eigenvalue weighted by molar-refractivity contribution is 7.89. The Morgan fingerprint density at radius 3 is 2.38 bits per heavy atom. The van der Waals surface area contributed by atoms with E-state index >= 15 is 0 Å². The van der Waals surface area contributed by atoms with Crippen molar-refractivity contribution in [3.63, 3.8) is 0 Å². The number of aromatic nitrogens is 1. The first-order chi connectivity index (χ1) is 14.8. The molecule has 12 heteroatoms. The van der Waals surface area contributed by atoms with Crippen molar-refractivity contribution in [1.29, 1.82) is 0 Å². The third-order valence-electron chi connectivity index (χ3n) is 4.56. The van der Waals surface area contributed by atoms with Gasteiger partial charge in [0.2, 0.25) is 15.9 Å². The number of methoxy groups -OCH3 is 1. The topological polar surface area (TPSA) is 97.8 Å². The van der Waals surface area contributed by atoms with Crippen LogP contribution in [-0.2, 0) is 21.4 Å². The van der Waals surface area contributed by atoms with Crippen LogP contribution in [0.25, 0.3) is 0 Å². The summed E-state index contributed by atoms with van der Waals surface area (Å²) in [6.07, 6.45) is -3.34. The summed E-state index contributed by atoms with van der Waals surface area (Å²) in [5.74, 6) is -0.164. The molecule has 0 saturated carbocycles. The lowest BCUT2D eigenvalue weighted by Gasteiger charge is -2.19. The van der Waals surface area contributed by atoms with Crippen molar-refractivity contribution in [2.45, 2.75) is 38.1 Å². The van der Waals surface area contributed by atoms with Crippen molar-refractivity contribution >= 4 is 15.9 Å². The van der Waals surface area contributed by atoms with Crippen LogP contribution in [0.5, 0.6) is 11.5 Å². The highest BCUT2D eigenvalue weighted by atomic mass is 32.2. The number of nitrogens with zero attached hydrogens (tertiary/aromatic N) is 2. The summed E-state index contributed by atoms with van der Waals surface area (Å²) in [4.78, 5) is 17.9. The summed E-state index contributed by atoms with van der Waals surface area (Å²) in [6.45, 7) is 3.73. The third-order valence-corrected chi connectivity index (χ3v) is 6.04. The van der Waals surface area contributed by atoms with Gasteiger partial charge in [0.05, 0.1) is 24.2 Å². The number of pyridine rings is 1. The van der Waals surface area contributed by atoms with Gasteiger partial charge in [-0.1, -0.05) is 0 Å². The molecule has 0 unspecified atom stereocenters. The zero-order valence-corrected chi connectivity index (χ0v) is 18.8. The van der Waals surface area contributed by atoms with Gasteiger partial charge in [-0.2, -0.15) is 0 Å². The number of amides is 1. The van der Waals surface area contributed by atoms with Crippen molar-refractivity contribution in [2.24, 2.45) is 0 Å². The molecule has 0 aliphatic carbocycles. The van der Waals surface area contributed by atoms with Crippen LogP contribution in [0.15, 0.2) is 35.4 Å². The number of carbonyl (C=O) groups excluding carboxylic acids is 1. The predicted molar refractivity (Wildman–Crippen MR) is 110 cm³/mol. The Labute approximate surface area is 184 Å². The largest absolute Gasteiger partial charge is 0.573 e. The Kier molecular flexibility index (Phi) is 8.07. The average Bonchev–Trinajstić information content (AvgIpc) is 2.69. The second kappa shape index (κ2) is 10.2. The molecule has 1 aromatic heterocycles. The third kappa shape index (κ3) is 6.82. The van der Waals surface area contributed by atoms with E-state index in [0.717, 1.165) is 35.4 Å². The molecule has 1 heterocycles. The number of rotatable bonds is 9. The minimum atomic E-state index is -4.87. The molecule has 0 fully saturated rings. The van der Waals surface area contributed by atoms with Crippen LogP contribution in [0.1, 0.15) is 23.2 Å². The fraction of sp³-hybridized carbons (Fsp3) is 0.400. The molecule has 0 saturated heterocycles. The minimum Gasteiger partial charge on any atom is -0.496 e. The van der Waals surface area contributed by atoms with E-state index in [4.69, 9.17) is 4.74 Å². The molecular weight excluding hydrogens is 451 g/mol. The predicted octanol–water partition coefficient (Wildman–Crippen LogP) is 2.93. The first-order valence-corrected chi connectivity index (χ1v) is 10.9. The molecule has 1 N–H and O–H groups in total. The van der Waals surface area contributed by atoms with Crippen molar-refractivity contribution in [3.8, 4) is 11.5 Å². The standard InChI is InChI=1S/C20H24F3N3O5S/c1-13-11-24-17(14(2)19(13)30-4)12-26(3)18(27)9-10-25-32(28,29)16-7-5-15(6-8-16)31-20(21,22)23/h5-8,11,25H,9-10,12H2,1-4H3. The number of alkyl halides is 3. The number of benzene rings is 1. The van der Waals surface area contributed by atoms with Gasteiger partial charge in [-0.25, -0.2) is 13.1 Å². The van der Waals surface area contributed by atoms with Crippen molar-refractivity contribution < 1.29 is 35.9 Å². The quantitative estimate of drug-likeness (QED) is 0.599. The number of hydrogen-bond donors (Lipinski definition) is 1. The smallest absolute Gasteiger partial charge is 0.496 e. The molecule has 2 aromatic rings. The molecule has 0 spiro atoms. The summed E-state index contributed by atoms with van der Waals surface area (Å²) in [5.41, 5.74) is 2.34. The Morgan fingerprint density at radius 2 is 1.81 bits per heavy atom. The average molecular weight is 475 g/mol. The van der Waals surface area contributed by atoms with E-state index in [1.807, 2.05) is 13.8 Å². The first kappa shape index (κ1) is 25.4. The van der Waals surface area contributed by atoms with E-state index in [0.29, 0.717) is 11.4 Å². The Bertz CT molecular complexity index is 1060. The molecule has 0 aliphatic heterocycles. The summed E-state index contributed by atoms with van der Waals surface area (Å²) in [6, 6.07) is 3.76. The normalized spacial score (nSPS) is 11.8. The number of sulfonamides is 1. The molecule has 2 rings (SSSR count). The van der Waals surface area contributed by atoms with E-state index in [9.17, 15) is 26.4 Å². The highest BCUT2D eigenvalue weighted by Gasteiger charge is 2.31. The second-order valence-corrected chi connectivity index (χ2v) is 8.73. The number of aryl methyl sites for hydroxylation is 1. The van der Waals surface area contributed by atoms with Crippen LogP contribution in [0.4, 0.5) is 13.2 Å². The number of carbonyl (C=O) groups is 1. The van der Waals surface area contributed by atoms with Crippen LogP contribution in [-0.4, -0.2) is 51.3 Å². The highest BCUT2D eigenvalue weighted by Crippen LogP contribution is 2.25. The van der Waals surface area contributed by atoms with Crippen LogP contribution in [0.2, 0.25) is 0 Å². The minimum absolute atomic E-state index is 0.118. The van der Waals surface area contributed by atoms with E-state index in [-0.39, 0.29) is 30.3 Å². The lowest BCUT2D eigenvalue weighted by molar-refractivity contribution is -0.274. The SMILES string of the molecule is COc1c(C)cnc(CN(C)C(=O)CCNS(=O)(=O)c2ccc(OC(F)(F)F)cc2)c1C. The summed E-state index contributed by atoms with van der Waals surface area (Å²) in [5, 5.41) is 0. The molecule has 0 aliphatic rings. The van der Waals surface area contributed by atoms with Crippen LogP contribution in [0, 0.1) is 13.8 Å². The molecule has 176 valence electrons. The lowest BCUT2D eigenvalue weighted by atomic mass is 10.1. The number of nitrogens with one attached hydrogen (secondary N) is 1. The molecular formula is C20H24F3N3O5S. The van der Waals surface area contributed by atoms with Gasteiger partial charge in [0.1, 0.15) is 11.5 Å². The van der Waals surface area contributed by atoms with E-state index in [2.05, 4.69) is 14.4 Å². The Hall–Kier alpha value is -2.86. The fourth-order valence-corrected chi connectivity index (χ4v) is 3.96. The van der Waals surface area contributed by atoms with Gasteiger partial charge in [-0.05, 0) is 38.1 Å². The van der Waals surface area contributed by atoms with E-state index in [1.165, 1.54) is 4.90 Å². The fourth-order valence-electron chi connectivity index (χ4n) is 2.93. The zero-order chi connectivity index (χ0) is 24.1. The maximum Gasteiger partial charge on any atom is 0.573 e. The van der Waals surface area contributed by atoms with E-state index < -0.39 is 22.1 Å². The first-order valence-electron chi connectivity index (χ1n) is 9.42. The molecule has 8 nitrogen and oxygen atoms in total. The van der Waals surface area contributed by atoms with Gasteiger partial charge in [0.25, 0.3) is 0 Å². The Balaban J connectivity index is 1.92. The maximum absolute atomic E-state index is 12.4. The van der Waals surface area contributed by atoms with Gasteiger partial charge in [0, 0.05) is 37.3 Å². The van der Waals surface area contributed by atoms with Gasteiger partial charge in [-0.15, -0.1) is 13.2 Å². The molecule has 32 heavy (non-hydrogen) atoms. The molecule has 1 amide bonds. The summed E-state index contributed by atoms with van der Waals surface area (Å²) < 4.78 is 72.5. The number of ether oxygens (including phenoxy) is 2. The number of hydrogen-bond acceptors (Lipinski definition) is 6. The van der Waals surface area contributed by atoms with Crippen molar-refractivity contribution in [2.75, 3.05) is 20.7 Å². The monoisotopic (exact) mass is 475 g/mol. The number of halogens is 3. The maximum atomic E-state index is 12.4. The van der Waals surface area contributed by atoms with Gasteiger partial charge < -0.3 is 14.4 Å². The van der Waals surface area contributed by atoms with E-state index in [1.54, 1.807) is 20.4 Å². The Morgan fingerprint density at radius 1 is 1.19 bits per heavy atom. The lowest BCUT2D eigenvalue weighted by Crippen LogP contribution is -2.32. The van der Waals surface area contributed by atoms with Crippen molar-refractivity contribution in [3.05, 3.63) is 47.3 Å². The van der Waals surface area contributed by atoms with Crippen LogP contribution < -0.4 is 14.2 Å². The molecule has 1 aromatic carbocycles. The molecule has 0 radical (unpaired) electrons. The van der Waals surface area contributed by atoms with Crippen LogP contribution >= 0.6 is 0 Å². The second-order valence-electron chi connectivity index (χ2n) is 6.96. The molecule has 0 atom stereocenters. The molecule has 0 bridgehead atoms.